The van der Waals surface area contributed by atoms with E-state index in [4.69, 9.17) is 11.6 Å². The molecule has 1 aromatic carbocycles. The Morgan fingerprint density at radius 3 is 3.20 bits per heavy atom. The van der Waals surface area contributed by atoms with E-state index in [0.717, 1.165) is 23.8 Å². The Hall–Kier alpha value is -1.06. The number of rotatable bonds is 1. The molecule has 0 bridgehead atoms. The van der Waals surface area contributed by atoms with E-state index in [1.807, 2.05) is 17.5 Å². The molecule has 0 atom stereocenters. The van der Waals surface area contributed by atoms with E-state index in [2.05, 4.69) is 21.5 Å². The van der Waals surface area contributed by atoms with Gasteiger partial charge in [-0.3, -0.25) is 0 Å². The number of fused-ring (bicyclic) bond motifs is 1. The smallest absolute Gasteiger partial charge is 0.154 e. The molecule has 0 saturated heterocycles. The summed E-state index contributed by atoms with van der Waals surface area (Å²) >= 11 is 7.64. The van der Waals surface area contributed by atoms with E-state index in [-0.39, 0.29) is 0 Å². The first-order chi connectivity index (χ1) is 7.36. The van der Waals surface area contributed by atoms with Crippen molar-refractivity contribution in [1.82, 2.24) is 4.98 Å². The van der Waals surface area contributed by atoms with Crippen LogP contribution in [-0.2, 0) is 6.42 Å². The molecule has 1 aliphatic rings. The second-order valence-corrected chi connectivity index (χ2v) is 4.50. The van der Waals surface area contributed by atoms with Crippen molar-refractivity contribution in [3.8, 4) is 0 Å². The highest BCUT2D eigenvalue weighted by atomic mass is 35.5. The molecule has 1 aromatic heterocycles. The third-order valence-corrected chi connectivity index (χ3v) is 3.50. The van der Waals surface area contributed by atoms with Crippen LogP contribution >= 0.6 is 22.9 Å². The van der Waals surface area contributed by atoms with Crippen molar-refractivity contribution in [3.63, 3.8) is 0 Å². The van der Waals surface area contributed by atoms with Crippen LogP contribution in [0, 0.1) is 5.51 Å². The molecule has 0 amide bonds. The van der Waals surface area contributed by atoms with Gasteiger partial charge >= 0.3 is 0 Å². The van der Waals surface area contributed by atoms with Crippen molar-refractivity contribution in [1.29, 1.82) is 0 Å². The van der Waals surface area contributed by atoms with Gasteiger partial charge in [-0.15, -0.1) is 11.3 Å². The SMILES string of the molecule is Clc1cccc2c1CCN2c1cs[c]n1. The summed E-state index contributed by atoms with van der Waals surface area (Å²) in [6, 6.07) is 6.01. The third kappa shape index (κ3) is 1.43. The molecule has 15 heavy (non-hydrogen) atoms. The largest absolute Gasteiger partial charge is 0.325 e. The number of hydrogen-bond acceptors (Lipinski definition) is 3. The van der Waals surface area contributed by atoms with Crippen molar-refractivity contribution in [2.24, 2.45) is 0 Å². The minimum Gasteiger partial charge on any atom is -0.325 e. The van der Waals surface area contributed by atoms with Gasteiger partial charge in [0.2, 0.25) is 0 Å². The van der Waals surface area contributed by atoms with Gasteiger partial charge in [0, 0.05) is 22.6 Å². The Balaban J connectivity index is 2.09. The summed E-state index contributed by atoms with van der Waals surface area (Å²) in [5.74, 6) is 0.973. The molecule has 1 aliphatic heterocycles. The third-order valence-electron chi connectivity index (χ3n) is 2.62. The molecule has 75 valence electrons. The molecule has 0 saturated carbocycles. The average Bonchev–Trinajstić information content (AvgIpc) is 2.85. The lowest BCUT2D eigenvalue weighted by Gasteiger charge is -2.15. The summed E-state index contributed by atoms with van der Waals surface area (Å²) in [5, 5.41) is 2.87. The standard InChI is InChI=1S/C11H8ClN2S/c12-9-2-1-3-10-8(9)4-5-14(10)11-6-15-7-13-11/h1-3,6H,4-5H2. The van der Waals surface area contributed by atoms with E-state index in [1.54, 1.807) is 0 Å². The van der Waals surface area contributed by atoms with E-state index in [1.165, 1.54) is 22.6 Å². The molecule has 2 nitrogen and oxygen atoms in total. The highest BCUT2D eigenvalue weighted by Gasteiger charge is 2.23. The molecular weight excluding hydrogens is 228 g/mol. The monoisotopic (exact) mass is 235 g/mol. The van der Waals surface area contributed by atoms with Gasteiger partial charge in [-0.05, 0) is 24.1 Å². The van der Waals surface area contributed by atoms with E-state index < -0.39 is 0 Å². The van der Waals surface area contributed by atoms with Gasteiger partial charge in [0.05, 0.1) is 0 Å². The van der Waals surface area contributed by atoms with Crippen LogP contribution in [0.4, 0.5) is 11.5 Å². The van der Waals surface area contributed by atoms with Gasteiger partial charge in [0.25, 0.3) is 0 Å². The second-order valence-electron chi connectivity index (χ2n) is 3.44. The van der Waals surface area contributed by atoms with Crippen LogP contribution in [0.25, 0.3) is 0 Å². The maximum atomic E-state index is 6.14. The second kappa shape index (κ2) is 3.51. The number of anilines is 2. The highest BCUT2D eigenvalue weighted by molar-refractivity contribution is 7.07. The fourth-order valence-corrected chi connectivity index (χ4v) is 2.68. The van der Waals surface area contributed by atoms with Crippen LogP contribution in [0.5, 0.6) is 0 Å². The molecule has 0 aliphatic carbocycles. The zero-order chi connectivity index (χ0) is 10.3. The summed E-state index contributed by atoms with van der Waals surface area (Å²) in [5.41, 5.74) is 5.28. The molecular formula is C11H8ClN2S. The fraction of sp³-hybridized carbons (Fsp3) is 0.182. The van der Waals surface area contributed by atoms with E-state index in [0.29, 0.717) is 0 Å². The number of nitrogens with zero attached hydrogens (tertiary/aromatic N) is 2. The van der Waals surface area contributed by atoms with Crippen LogP contribution in [-0.4, -0.2) is 11.5 Å². The molecule has 2 aromatic rings. The first-order valence-corrected chi connectivity index (χ1v) is 5.98. The average molecular weight is 236 g/mol. The molecule has 0 N–H and O–H groups in total. The Labute approximate surface area is 97.1 Å². The summed E-state index contributed by atoms with van der Waals surface area (Å²) in [6.07, 6.45) is 0.993. The van der Waals surface area contributed by atoms with Crippen LogP contribution < -0.4 is 4.90 Å². The number of hydrogen-bond donors (Lipinski definition) is 0. The van der Waals surface area contributed by atoms with Crippen molar-refractivity contribution in [2.45, 2.75) is 6.42 Å². The molecule has 3 rings (SSSR count). The van der Waals surface area contributed by atoms with Gasteiger partial charge in [-0.2, -0.15) is 0 Å². The minimum atomic E-state index is 0.856. The van der Waals surface area contributed by atoms with Gasteiger partial charge in [-0.25, -0.2) is 4.98 Å². The van der Waals surface area contributed by atoms with Crippen LogP contribution in [0.3, 0.4) is 0 Å². The van der Waals surface area contributed by atoms with E-state index in [9.17, 15) is 0 Å². The first-order valence-electron chi connectivity index (χ1n) is 4.73. The molecule has 0 spiro atoms. The Morgan fingerprint density at radius 1 is 1.47 bits per heavy atom. The van der Waals surface area contributed by atoms with Gasteiger partial charge < -0.3 is 4.90 Å². The summed E-state index contributed by atoms with van der Waals surface area (Å²) in [7, 11) is 0. The Bertz CT molecular complexity index is 481. The zero-order valence-corrected chi connectivity index (χ0v) is 9.48. The number of thiazole rings is 1. The van der Waals surface area contributed by atoms with Crippen molar-refractivity contribution in [2.75, 3.05) is 11.4 Å². The Morgan fingerprint density at radius 2 is 2.40 bits per heavy atom. The van der Waals surface area contributed by atoms with Crippen molar-refractivity contribution >= 4 is 34.4 Å². The maximum absolute atomic E-state index is 6.14. The van der Waals surface area contributed by atoms with Crippen molar-refractivity contribution < 1.29 is 0 Å². The summed E-state index contributed by atoms with van der Waals surface area (Å²) in [4.78, 5) is 6.39. The van der Waals surface area contributed by atoms with Crippen LogP contribution in [0.15, 0.2) is 23.6 Å². The normalized spacial score (nSPS) is 14.3. The minimum absolute atomic E-state index is 0.856. The van der Waals surface area contributed by atoms with Gasteiger partial charge in [0.1, 0.15) is 5.82 Å². The number of halogens is 1. The predicted octanol–water partition coefficient (Wildman–Crippen LogP) is 3.29. The molecule has 0 fully saturated rings. The number of benzene rings is 1. The lowest BCUT2D eigenvalue weighted by Crippen LogP contribution is -2.13. The lowest BCUT2D eigenvalue weighted by atomic mass is 10.2. The van der Waals surface area contributed by atoms with Crippen LogP contribution in [0.2, 0.25) is 5.02 Å². The fourth-order valence-electron chi connectivity index (χ4n) is 1.93. The topological polar surface area (TPSA) is 16.1 Å². The predicted molar refractivity (Wildman–Crippen MR) is 63.1 cm³/mol. The first kappa shape index (κ1) is 9.19. The summed E-state index contributed by atoms with van der Waals surface area (Å²) < 4.78 is 0. The molecule has 2 heterocycles. The highest BCUT2D eigenvalue weighted by Crippen LogP contribution is 2.37. The van der Waals surface area contributed by atoms with Crippen LogP contribution in [0.1, 0.15) is 5.56 Å². The zero-order valence-electron chi connectivity index (χ0n) is 7.90. The lowest BCUT2D eigenvalue weighted by molar-refractivity contribution is 0.981. The summed E-state index contributed by atoms with van der Waals surface area (Å²) in [6.45, 7) is 0.955. The van der Waals surface area contributed by atoms with Gasteiger partial charge in [-0.1, -0.05) is 17.7 Å². The van der Waals surface area contributed by atoms with E-state index >= 15 is 0 Å². The molecule has 1 radical (unpaired) electrons. The number of aromatic nitrogens is 1. The van der Waals surface area contributed by atoms with Crippen molar-refractivity contribution in [3.05, 3.63) is 39.7 Å². The van der Waals surface area contributed by atoms with Gasteiger partial charge in [0.15, 0.2) is 5.51 Å². The molecule has 4 heteroatoms. The Kier molecular flexibility index (Phi) is 2.15. The quantitative estimate of drug-likeness (QED) is 0.754. The maximum Gasteiger partial charge on any atom is 0.154 e. The molecule has 0 unspecified atom stereocenters.